The van der Waals surface area contributed by atoms with E-state index in [0.29, 0.717) is 0 Å². The van der Waals surface area contributed by atoms with Gasteiger partial charge in [-0.15, -0.1) is 0 Å². The quantitative estimate of drug-likeness (QED) is 0.699. The number of rotatable bonds is 6. The SMILES string of the molecule is CC(=O)N(CCC[Si](C)(C)C(C)C)c1ccccc1. The van der Waals surface area contributed by atoms with Gasteiger partial charge >= 0.3 is 0 Å². The van der Waals surface area contributed by atoms with Crippen LogP contribution in [0.5, 0.6) is 0 Å². The highest BCUT2D eigenvalue weighted by atomic mass is 28.3. The molecule has 2 nitrogen and oxygen atoms in total. The Hall–Kier alpha value is -1.09. The maximum atomic E-state index is 11.8. The Bertz CT molecular complexity index is 400. The third-order valence-corrected chi connectivity index (χ3v) is 8.98. The van der Waals surface area contributed by atoms with Crippen LogP contribution in [0, 0.1) is 0 Å². The average molecular weight is 277 g/mol. The lowest BCUT2D eigenvalue weighted by Crippen LogP contribution is -2.33. The highest BCUT2D eigenvalue weighted by Crippen LogP contribution is 2.26. The lowest BCUT2D eigenvalue weighted by Gasteiger charge is -2.28. The molecule has 0 aliphatic heterocycles. The monoisotopic (exact) mass is 277 g/mol. The zero-order chi connectivity index (χ0) is 14.5. The topological polar surface area (TPSA) is 20.3 Å². The first-order valence-electron chi connectivity index (χ1n) is 7.18. The van der Waals surface area contributed by atoms with Crippen molar-refractivity contribution >= 4 is 19.7 Å². The molecule has 1 aromatic rings. The Morgan fingerprint density at radius 1 is 1.21 bits per heavy atom. The summed E-state index contributed by atoms with van der Waals surface area (Å²) in [5.74, 6) is 0.134. The predicted octanol–water partition coefficient (Wildman–Crippen LogP) is 4.55. The van der Waals surface area contributed by atoms with E-state index in [2.05, 4.69) is 26.9 Å². The summed E-state index contributed by atoms with van der Waals surface area (Å²) in [5, 5.41) is 0. The Kier molecular flexibility index (Phi) is 5.79. The smallest absolute Gasteiger partial charge is 0.223 e. The summed E-state index contributed by atoms with van der Waals surface area (Å²) in [6.07, 6.45) is 1.10. The van der Waals surface area contributed by atoms with Gasteiger partial charge in [-0.2, -0.15) is 0 Å². The third kappa shape index (κ3) is 4.82. The fourth-order valence-corrected chi connectivity index (χ4v) is 3.70. The van der Waals surface area contributed by atoms with Gasteiger partial charge in [-0.25, -0.2) is 0 Å². The Morgan fingerprint density at radius 3 is 2.26 bits per heavy atom. The van der Waals surface area contributed by atoms with Crippen molar-refractivity contribution in [3.63, 3.8) is 0 Å². The van der Waals surface area contributed by atoms with Gasteiger partial charge in [0, 0.05) is 27.2 Å². The van der Waals surface area contributed by atoms with Crippen molar-refractivity contribution in [2.75, 3.05) is 11.4 Å². The molecule has 0 aromatic heterocycles. The van der Waals surface area contributed by atoms with E-state index in [1.165, 1.54) is 6.04 Å². The molecular weight excluding hydrogens is 250 g/mol. The highest BCUT2D eigenvalue weighted by molar-refractivity contribution is 6.78. The molecule has 0 aliphatic carbocycles. The molecule has 1 amide bonds. The van der Waals surface area contributed by atoms with Crippen LogP contribution in [-0.4, -0.2) is 20.5 Å². The molecule has 0 aliphatic rings. The van der Waals surface area contributed by atoms with Gasteiger partial charge in [0.25, 0.3) is 0 Å². The molecule has 1 aromatic carbocycles. The summed E-state index contributed by atoms with van der Waals surface area (Å²) in [5.41, 5.74) is 1.81. The normalized spacial score (nSPS) is 11.7. The molecule has 19 heavy (non-hydrogen) atoms. The van der Waals surface area contributed by atoms with Crippen LogP contribution in [-0.2, 0) is 4.79 Å². The van der Waals surface area contributed by atoms with E-state index in [4.69, 9.17) is 0 Å². The molecule has 0 radical (unpaired) electrons. The van der Waals surface area contributed by atoms with Crippen LogP contribution in [0.3, 0.4) is 0 Å². The first-order valence-corrected chi connectivity index (χ1v) is 10.5. The zero-order valence-electron chi connectivity index (χ0n) is 12.9. The van der Waals surface area contributed by atoms with Gasteiger partial charge in [0.15, 0.2) is 0 Å². The first-order chi connectivity index (χ1) is 8.84. The molecule has 0 atom stereocenters. The molecule has 0 saturated carbocycles. The Labute approximate surface area is 118 Å². The van der Waals surface area contributed by atoms with Gasteiger partial charge in [-0.05, 0) is 18.6 Å². The number of nitrogens with zero attached hydrogens (tertiary/aromatic N) is 1. The lowest BCUT2D eigenvalue weighted by atomic mass is 10.2. The van der Waals surface area contributed by atoms with E-state index in [9.17, 15) is 4.79 Å². The minimum Gasteiger partial charge on any atom is -0.313 e. The van der Waals surface area contributed by atoms with Crippen LogP contribution < -0.4 is 4.90 Å². The summed E-state index contributed by atoms with van der Waals surface area (Å²) in [4.78, 5) is 13.7. The lowest BCUT2D eigenvalue weighted by molar-refractivity contribution is -0.116. The molecule has 0 saturated heterocycles. The molecule has 106 valence electrons. The number of benzene rings is 1. The van der Waals surface area contributed by atoms with Crippen LogP contribution in [0.1, 0.15) is 27.2 Å². The van der Waals surface area contributed by atoms with Crippen molar-refractivity contribution < 1.29 is 4.79 Å². The number of carbonyl (C=O) groups is 1. The largest absolute Gasteiger partial charge is 0.313 e. The molecular formula is C16H27NOSi. The fourth-order valence-electron chi connectivity index (χ4n) is 2.06. The van der Waals surface area contributed by atoms with Gasteiger partial charge in [0.1, 0.15) is 0 Å². The maximum Gasteiger partial charge on any atom is 0.223 e. The number of para-hydroxylation sites is 1. The summed E-state index contributed by atoms with van der Waals surface area (Å²) in [6, 6.07) is 11.2. The second kappa shape index (κ2) is 6.90. The van der Waals surface area contributed by atoms with Crippen molar-refractivity contribution in [3.05, 3.63) is 30.3 Å². The molecule has 0 heterocycles. The van der Waals surface area contributed by atoms with Crippen molar-refractivity contribution in [2.45, 2.75) is 51.9 Å². The highest BCUT2D eigenvalue weighted by Gasteiger charge is 2.24. The number of amides is 1. The van der Waals surface area contributed by atoms with Gasteiger partial charge in [0.2, 0.25) is 5.91 Å². The van der Waals surface area contributed by atoms with E-state index in [1.54, 1.807) is 6.92 Å². The summed E-state index contributed by atoms with van der Waals surface area (Å²) < 4.78 is 0. The molecule has 0 spiro atoms. The molecule has 0 fully saturated rings. The zero-order valence-corrected chi connectivity index (χ0v) is 13.9. The Morgan fingerprint density at radius 2 is 1.79 bits per heavy atom. The van der Waals surface area contributed by atoms with Gasteiger partial charge < -0.3 is 4.90 Å². The number of anilines is 1. The van der Waals surface area contributed by atoms with E-state index in [0.717, 1.165) is 24.2 Å². The van der Waals surface area contributed by atoms with Crippen LogP contribution in [0.2, 0.25) is 24.7 Å². The van der Waals surface area contributed by atoms with Crippen LogP contribution in [0.25, 0.3) is 0 Å². The number of hydrogen-bond acceptors (Lipinski definition) is 1. The van der Waals surface area contributed by atoms with Gasteiger partial charge in [0.05, 0.1) is 0 Å². The van der Waals surface area contributed by atoms with Crippen LogP contribution in [0.15, 0.2) is 30.3 Å². The first kappa shape index (κ1) is 16.0. The Balaban J connectivity index is 2.60. The summed E-state index contributed by atoms with van der Waals surface area (Å²) in [6.45, 7) is 12.0. The number of hydrogen-bond donors (Lipinski definition) is 0. The molecule has 1 rings (SSSR count). The van der Waals surface area contributed by atoms with E-state index in [1.807, 2.05) is 35.2 Å². The standard InChI is InChI=1S/C16H27NOSi/c1-14(2)19(4,5)13-9-12-17(15(3)18)16-10-7-6-8-11-16/h6-8,10-11,14H,9,12-13H2,1-5H3. The maximum absolute atomic E-state index is 11.8. The van der Waals surface area contributed by atoms with E-state index >= 15 is 0 Å². The van der Waals surface area contributed by atoms with E-state index < -0.39 is 8.07 Å². The predicted molar refractivity (Wildman–Crippen MR) is 86.5 cm³/mol. The second-order valence-electron chi connectivity index (χ2n) is 6.25. The van der Waals surface area contributed by atoms with Crippen molar-refractivity contribution in [2.24, 2.45) is 0 Å². The van der Waals surface area contributed by atoms with Crippen molar-refractivity contribution in [3.8, 4) is 0 Å². The van der Waals surface area contributed by atoms with Crippen LogP contribution >= 0.6 is 0 Å². The van der Waals surface area contributed by atoms with Gasteiger partial charge in [-0.1, -0.05) is 56.7 Å². The third-order valence-electron chi connectivity index (χ3n) is 4.21. The minimum atomic E-state index is -1.12. The second-order valence-corrected chi connectivity index (χ2v) is 11.9. The summed E-state index contributed by atoms with van der Waals surface area (Å²) in [7, 11) is -1.12. The minimum absolute atomic E-state index is 0.134. The van der Waals surface area contributed by atoms with Gasteiger partial charge in [-0.3, -0.25) is 4.79 Å². The van der Waals surface area contributed by atoms with E-state index in [-0.39, 0.29) is 5.91 Å². The fraction of sp³-hybridized carbons (Fsp3) is 0.562. The number of carbonyl (C=O) groups excluding carboxylic acids is 1. The van der Waals surface area contributed by atoms with Crippen LogP contribution in [0.4, 0.5) is 5.69 Å². The molecule has 0 N–H and O–H groups in total. The van der Waals surface area contributed by atoms with Crippen molar-refractivity contribution in [1.82, 2.24) is 0 Å². The molecule has 0 unspecified atom stereocenters. The van der Waals surface area contributed by atoms with Crippen molar-refractivity contribution in [1.29, 1.82) is 0 Å². The molecule has 3 heteroatoms. The average Bonchev–Trinajstić information content (AvgIpc) is 2.35. The molecule has 0 bridgehead atoms. The summed E-state index contributed by atoms with van der Waals surface area (Å²) >= 11 is 0.